The number of phenols is 1. The molecule has 0 spiro atoms. The van der Waals surface area contributed by atoms with Gasteiger partial charge in [-0.1, -0.05) is 11.6 Å². The summed E-state index contributed by atoms with van der Waals surface area (Å²) in [6, 6.07) is 2.21. The average molecular weight is 302 g/mol. The molecule has 1 rings (SSSR count). The van der Waals surface area contributed by atoms with Crippen molar-refractivity contribution in [2.24, 2.45) is 0 Å². The molecule has 0 aliphatic heterocycles. The number of nitrogens with one attached hydrogen (secondary N) is 1. The predicted molar refractivity (Wildman–Crippen MR) is 68.6 cm³/mol. The van der Waals surface area contributed by atoms with Gasteiger partial charge >= 0.3 is 11.9 Å². The molecular weight excluding hydrogens is 290 g/mol. The Balaban J connectivity index is 2.88. The van der Waals surface area contributed by atoms with Crippen LogP contribution in [0.5, 0.6) is 5.75 Å². The molecule has 8 heteroatoms. The van der Waals surface area contributed by atoms with Crippen LogP contribution in [0.4, 0.5) is 0 Å². The number of phenolic OH excluding ortho intramolecular Hbond substituents is 1. The fourth-order valence-electron chi connectivity index (χ4n) is 1.37. The molecule has 1 aromatic rings. The van der Waals surface area contributed by atoms with Crippen LogP contribution in [0.25, 0.3) is 0 Å². The Bertz CT molecular complexity index is 545. The number of esters is 1. The average Bonchev–Trinajstić information content (AvgIpc) is 2.40. The van der Waals surface area contributed by atoms with Crippen LogP contribution in [-0.2, 0) is 14.3 Å². The zero-order chi connectivity index (χ0) is 15.3. The Labute approximate surface area is 119 Å². The lowest BCUT2D eigenvalue weighted by Gasteiger charge is -2.14. The Morgan fingerprint density at radius 1 is 1.40 bits per heavy atom. The van der Waals surface area contributed by atoms with Gasteiger partial charge in [0.2, 0.25) is 0 Å². The summed E-state index contributed by atoms with van der Waals surface area (Å²) in [5.74, 6) is -3.18. The lowest BCUT2D eigenvalue weighted by Crippen LogP contribution is -2.42. The number of carbonyl (C=O) groups is 3. The molecule has 7 nitrogen and oxygen atoms in total. The zero-order valence-corrected chi connectivity index (χ0v) is 11.2. The normalized spacial score (nSPS) is 11.5. The van der Waals surface area contributed by atoms with Crippen molar-refractivity contribution in [1.29, 1.82) is 0 Å². The lowest BCUT2D eigenvalue weighted by molar-refractivity contribution is -0.147. The standard InChI is InChI=1S/C12H12ClNO6/c1-20-10(16)5-9(12(18)19)14-11(17)7-4-6(15)2-3-8(7)13/h2-4,9,15H,5H2,1H3,(H,14,17)(H,18,19)/t9-/m0/s1. The van der Waals surface area contributed by atoms with Gasteiger partial charge in [-0.15, -0.1) is 0 Å². The van der Waals surface area contributed by atoms with E-state index >= 15 is 0 Å². The van der Waals surface area contributed by atoms with Crippen LogP contribution >= 0.6 is 11.6 Å². The second kappa shape index (κ2) is 6.76. The first-order valence-corrected chi connectivity index (χ1v) is 5.82. The van der Waals surface area contributed by atoms with Crippen molar-refractivity contribution in [3.05, 3.63) is 28.8 Å². The Morgan fingerprint density at radius 2 is 2.05 bits per heavy atom. The molecule has 0 fully saturated rings. The molecule has 0 saturated carbocycles. The third-order valence-electron chi connectivity index (χ3n) is 2.40. The number of halogens is 1. The fourth-order valence-corrected chi connectivity index (χ4v) is 1.58. The van der Waals surface area contributed by atoms with Crippen LogP contribution in [0.1, 0.15) is 16.8 Å². The highest BCUT2D eigenvalue weighted by Gasteiger charge is 2.25. The number of benzene rings is 1. The molecule has 0 bridgehead atoms. The highest BCUT2D eigenvalue weighted by atomic mass is 35.5. The van der Waals surface area contributed by atoms with Gasteiger partial charge in [-0.05, 0) is 18.2 Å². The highest BCUT2D eigenvalue weighted by molar-refractivity contribution is 6.34. The molecule has 0 aliphatic rings. The number of hydrogen-bond donors (Lipinski definition) is 3. The second-order valence-corrected chi connectivity index (χ2v) is 4.22. The first-order valence-electron chi connectivity index (χ1n) is 5.44. The number of aliphatic carboxylic acids is 1. The largest absolute Gasteiger partial charge is 0.508 e. The van der Waals surface area contributed by atoms with Gasteiger partial charge in [0.25, 0.3) is 5.91 Å². The number of carbonyl (C=O) groups excluding carboxylic acids is 2. The molecule has 0 unspecified atom stereocenters. The number of hydrogen-bond acceptors (Lipinski definition) is 5. The molecule has 108 valence electrons. The molecule has 0 heterocycles. The molecule has 0 saturated heterocycles. The van der Waals surface area contributed by atoms with Gasteiger partial charge in [0.15, 0.2) is 0 Å². The number of methoxy groups -OCH3 is 1. The molecule has 1 aromatic carbocycles. The van der Waals surface area contributed by atoms with E-state index in [0.29, 0.717) is 0 Å². The smallest absolute Gasteiger partial charge is 0.326 e. The molecule has 1 amide bonds. The molecule has 20 heavy (non-hydrogen) atoms. The highest BCUT2D eigenvalue weighted by Crippen LogP contribution is 2.21. The number of ether oxygens (including phenoxy) is 1. The molecule has 1 atom stereocenters. The number of amides is 1. The minimum absolute atomic E-state index is 0.0440. The van der Waals surface area contributed by atoms with Crippen molar-refractivity contribution in [3.8, 4) is 5.75 Å². The molecular formula is C12H12ClNO6. The van der Waals surface area contributed by atoms with Crippen LogP contribution in [0.15, 0.2) is 18.2 Å². The van der Waals surface area contributed by atoms with E-state index in [1.807, 2.05) is 0 Å². The number of carboxylic acid groups (broad SMARTS) is 1. The minimum Gasteiger partial charge on any atom is -0.508 e. The summed E-state index contributed by atoms with van der Waals surface area (Å²) in [5, 5.41) is 20.4. The lowest BCUT2D eigenvalue weighted by atomic mass is 10.1. The van der Waals surface area contributed by atoms with Gasteiger partial charge in [-0.25, -0.2) is 4.79 Å². The first-order chi connectivity index (χ1) is 9.35. The van der Waals surface area contributed by atoms with E-state index in [-0.39, 0.29) is 16.3 Å². The Morgan fingerprint density at radius 3 is 2.60 bits per heavy atom. The Kier molecular flexibility index (Phi) is 5.33. The maximum atomic E-state index is 11.9. The Hall–Kier alpha value is -2.28. The van der Waals surface area contributed by atoms with Crippen LogP contribution in [0.2, 0.25) is 5.02 Å². The van der Waals surface area contributed by atoms with Crippen molar-refractivity contribution in [3.63, 3.8) is 0 Å². The van der Waals surface area contributed by atoms with Crippen LogP contribution in [-0.4, -0.2) is 41.2 Å². The number of carboxylic acids is 1. The van der Waals surface area contributed by atoms with Crippen molar-refractivity contribution in [1.82, 2.24) is 5.32 Å². The summed E-state index contributed by atoms with van der Waals surface area (Å²) in [6.07, 6.45) is -0.520. The number of aromatic hydroxyl groups is 1. The van der Waals surface area contributed by atoms with Gasteiger partial charge in [0, 0.05) is 0 Å². The van der Waals surface area contributed by atoms with E-state index in [4.69, 9.17) is 16.7 Å². The topological polar surface area (TPSA) is 113 Å². The van der Waals surface area contributed by atoms with Gasteiger partial charge in [-0.3, -0.25) is 9.59 Å². The van der Waals surface area contributed by atoms with Crippen molar-refractivity contribution in [2.45, 2.75) is 12.5 Å². The second-order valence-electron chi connectivity index (χ2n) is 3.81. The summed E-state index contributed by atoms with van der Waals surface area (Å²) in [4.78, 5) is 33.9. The minimum atomic E-state index is -1.45. The van der Waals surface area contributed by atoms with Crippen LogP contribution in [0, 0.1) is 0 Å². The third kappa shape index (κ3) is 4.13. The van der Waals surface area contributed by atoms with Crippen molar-refractivity contribution < 1.29 is 29.3 Å². The van der Waals surface area contributed by atoms with Gasteiger partial charge in [-0.2, -0.15) is 0 Å². The summed E-state index contributed by atoms with van der Waals surface area (Å²) < 4.78 is 4.34. The molecule has 0 aliphatic carbocycles. The predicted octanol–water partition coefficient (Wildman–Crippen LogP) is 0.792. The van der Waals surface area contributed by atoms with E-state index in [1.54, 1.807) is 0 Å². The third-order valence-corrected chi connectivity index (χ3v) is 2.73. The molecule has 3 N–H and O–H groups in total. The van der Waals surface area contributed by atoms with E-state index in [1.165, 1.54) is 12.1 Å². The van der Waals surface area contributed by atoms with Crippen molar-refractivity contribution in [2.75, 3.05) is 7.11 Å². The van der Waals surface area contributed by atoms with E-state index in [2.05, 4.69) is 10.1 Å². The zero-order valence-electron chi connectivity index (χ0n) is 10.4. The van der Waals surface area contributed by atoms with Gasteiger partial charge < -0.3 is 20.3 Å². The van der Waals surface area contributed by atoms with Crippen LogP contribution in [0.3, 0.4) is 0 Å². The van der Waals surface area contributed by atoms with E-state index < -0.39 is 30.3 Å². The summed E-state index contributed by atoms with van der Waals surface area (Å²) >= 11 is 5.78. The first kappa shape index (κ1) is 15.8. The quantitative estimate of drug-likeness (QED) is 0.693. The summed E-state index contributed by atoms with van der Waals surface area (Å²) in [5.41, 5.74) is -0.0946. The van der Waals surface area contributed by atoms with Gasteiger partial charge in [0.05, 0.1) is 24.1 Å². The monoisotopic (exact) mass is 301 g/mol. The van der Waals surface area contributed by atoms with Crippen LogP contribution < -0.4 is 5.32 Å². The van der Waals surface area contributed by atoms with Crippen molar-refractivity contribution >= 4 is 29.4 Å². The van der Waals surface area contributed by atoms with E-state index in [0.717, 1.165) is 13.2 Å². The SMILES string of the molecule is COC(=O)C[C@H](NC(=O)c1cc(O)ccc1Cl)C(=O)O. The summed E-state index contributed by atoms with van der Waals surface area (Å²) in [6.45, 7) is 0. The molecule has 0 aromatic heterocycles. The van der Waals surface area contributed by atoms with E-state index in [9.17, 15) is 19.5 Å². The fraction of sp³-hybridized carbons (Fsp3) is 0.250. The maximum absolute atomic E-state index is 11.9. The number of rotatable bonds is 5. The maximum Gasteiger partial charge on any atom is 0.326 e. The summed E-state index contributed by atoms with van der Waals surface area (Å²) in [7, 11) is 1.11. The van der Waals surface area contributed by atoms with Gasteiger partial charge in [0.1, 0.15) is 11.8 Å². The molecule has 0 radical (unpaired) electrons.